The average molecular weight is 323 g/mol. The minimum Gasteiger partial charge on any atom is -0.480 e. The van der Waals surface area contributed by atoms with Gasteiger partial charge in [0.2, 0.25) is 10.0 Å². The first-order chi connectivity index (χ1) is 10.3. The molecule has 0 spiro atoms. The maximum absolute atomic E-state index is 12.3. The zero-order valence-corrected chi connectivity index (χ0v) is 13.0. The van der Waals surface area contributed by atoms with Gasteiger partial charge in [0, 0.05) is 13.2 Å². The Hall–Kier alpha value is -2.19. The summed E-state index contributed by atoms with van der Waals surface area (Å²) in [5.41, 5.74) is 1.05. The number of aliphatic carboxylic acids is 1. The summed E-state index contributed by atoms with van der Waals surface area (Å²) in [5, 5.41) is 13.2. The van der Waals surface area contributed by atoms with Crippen molar-refractivity contribution in [3.05, 3.63) is 47.8 Å². The maximum atomic E-state index is 12.3. The summed E-state index contributed by atoms with van der Waals surface area (Å²) in [6.45, 7) is 1.56. The Morgan fingerprint density at radius 2 is 2.00 bits per heavy atom. The molecule has 2 N–H and O–H groups in total. The number of benzene rings is 1. The van der Waals surface area contributed by atoms with Crippen molar-refractivity contribution in [1.82, 2.24) is 14.5 Å². The fraction of sp³-hybridized carbons (Fsp3) is 0.286. The van der Waals surface area contributed by atoms with E-state index in [2.05, 4.69) is 9.82 Å². The normalized spacial score (nSPS) is 13.0. The van der Waals surface area contributed by atoms with E-state index in [-0.39, 0.29) is 11.3 Å². The molecule has 0 amide bonds. The van der Waals surface area contributed by atoms with Crippen LogP contribution in [0.3, 0.4) is 0 Å². The monoisotopic (exact) mass is 323 g/mol. The highest BCUT2D eigenvalue weighted by molar-refractivity contribution is 7.89. The van der Waals surface area contributed by atoms with Gasteiger partial charge in [0.25, 0.3) is 0 Å². The van der Waals surface area contributed by atoms with Crippen LogP contribution in [0.1, 0.15) is 11.3 Å². The van der Waals surface area contributed by atoms with E-state index >= 15 is 0 Å². The number of sulfonamides is 1. The molecule has 22 heavy (non-hydrogen) atoms. The smallest absolute Gasteiger partial charge is 0.322 e. The number of carbonyl (C=O) groups is 1. The van der Waals surface area contributed by atoms with Gasteiger partial charge in [-0.2, -0.15) is 9.82 Å². The lowest BCUT2D eigenvalue weighted by molar-refractivity contribution is -0.138. The van der Waals surface area contributed by atoms with Gasteiger partial charge in [0.15, 0.2) is 0 Å². The van der Waals surface area contributed by atoms with Crippen molar-refractivity contribution in [2.24, 2.45) is 7.05 Å². The van der Waals surface area contributed by atoms with Crippen molar-refractivity contribution in [2.75, 3.05) is 0 Å². The maximum Gasteiger partial charge on any atom is 0.322 e. The molecule has 0 radical (unpaired) electrons. The Morgan fingerprint density at radius 3 is 2.50 bits per heavy atom. The highest BCUT2D eigenvalue weighted by Gasteiger charge is 2.28. The number of nitrogens with one attached hydrogen (secondary N) is 1. The fourth-order valence-corrected chi connectivity index (χ4v) is 3.53. The summed E-state index contributed by atoms with van der Waals surface area (Å²) in [6, 6.07) is 7.61. The molecule has 2 aromatic rings. The Labute approximate surface area is 128 Å². The molecule has 0 fully saturated rings. The fourth-order valence-electron chi connectivity index (χ4n) is 2.12. The van der Waals surface area contributed by atoms with Crippen LogP contribution < -0.4 is 4.72 Å². The molecule has 1 atom stereocenters. The average Bonchev–Trinajstić information content (AvgIpc) is 2.79. The molecule has 1 aromatic carbocycles. The van der Waals surface area contributed by atoms with Gasteiger partial charge in [-0.15, -0.1) is 0 Å². The molecule has 8 heteroatoms. The van der Waals surface area contributed by atoms with E-state index in [0.717, 1.165) is 5.56 Å². The van der Waals surface area contributed by atoms with Crippen molar-refractivity contribution in [3.63, 3.8) is 0 Å². The van der Waals surface area contributed by atoms with Crippen molar-refractivity contribution in [2.45, 2.75) is 24.3 Å². The Kier molecular flexibility index (Phi) is 4.62. The minimum atomic E-state index is -3.95. The van der Waals surface area contributed by atoms with Gasteiger partial charge in [0.05, 0.1) is 5.69 Å². The molecule has 118 valence electrons. The molecular formula is C14H17N3O4S. The van der Waals surface area contributed by atoms with Crippen molar-refractivity contribution in [1.29, 1.82) is 0 Å². The lowest BCUT2D eigenvalue weighted by Gasteiger charge is -2.14. The molecule has 1 aromatic heterocycles. The summed E-state index contributed by atoms with van der Waals surface area (Å²) in [5.74, 6) is -1.23. The summed E-state index contributed by atoms with van der Waals surface area (Å²) >= 11 is 0. The van der Waals surface area contributed by atoms with Gasteiger partial charge in [-0.1, -0.05) is 30.3 Å². The third-order valence-corrected chi connectivity index (χ3v) is 4.71. The summed E-state index contributed by atoms with van der Waals surface area (Å²) in [6.07, 6.45) is 1.41. The van der Waals surface area contributed by atoms with Gasteiger partial charge in [-0.25, -0.2) is 8.42 Å². The zero-order valence-electron chi connectivity index (χ0n) is 12.2. The van der Waals surface area contributed by atoms with Gasteiger partial charge in [-0.3, -0.25) is 9.48 Å². The van der Waals surface area contributed by atoms with Crippen molar-refractivity contribution < 1.29 is 18.3 Å². The number of aryl methyl sites for hydroxylation is 2. The van der Waals surface area contributed by atoms with Crippen molar-refractivity contribution in [3.8, 4) is 0 Å². The first-order valence-electron chi connectivity index (χ1n) is 6.59. The molecule has 0 saturated heterocycles. The summed E-state index contributed by atoms with van der Waals surface area (Å²) in [7, 11) is -2.35. The van der Waals surface area contributed by atoms with Gasteiger partial charge < -0.3 is 5.11 Å². The topological polar surface area (TPSA) is 101 Å². The zero-order chi connectivity index (χ0) is 16.3. The van der Waals surface area contributed by atoms with E-state index < -0.39 is 22.0 Å². The second-order valence-electron chi connectivity index (χ2n) is 4.95. The number of aromatic nitrogens is 2. The number of carboxylic acids is 1. The van der Waals surface area contributed by atoms with Crippen LogP contribution in [-0.4, -0.2) is 35.3 Å². The van der Waals surface area contributed by atoms with Crippen LogP contribution in [0, 0.1) is 6.92 Å². The standard InChI is InChI=1S/C14H17N3O4S/c1-10-13(9-17(2)15-10)22(20,21)16-12(14(18)19)8-11-6-4-3-5-7-11/h3-7,9,12,16H,8H2,1-2H3,(H,18,19)/t12-/m0/s1. The molecule has 0 aliphatic heterocycles. The SMILES string of the molecule is Cc1nn(C)cc1S(=O)(=O)N[C@@H](Cc1ccccc1)C(=O)O. The number of rotatable bonds is 6. The minimum absolute atomic E-state index is 0.0192. The lowest BCUT2D eigenvalue weighted by Crippen LogP contribution is -2.42. The number of hydrogen-bond donors (Lipinski definition) is 2. The second kappa shape index (κ2) is 6.29. The first kappa shape index (κ1) is 16.2. The molecule has 2 rings (SSSR count). The highest BCUT2D eigenvalue weighted by atomic mass is 32.2. The molecule has 0 aliphatic rings. The molecular weight excluding hydrogens is 306 g/mol. The molecule has 0 unspecified atom stereocenters. The van der Waals surface area contributed by atoms with Crippen molar-refractivity contribution >= 4 is 16.0 Å². The quantitative estimate of drug-likeness (QED) is 0.815. The first-order valence-corrected chi connectivity index (χ1v) is 8.07. The number of hydrogen-bond acceptors (Lipinski definition) is 4. The van der Waals surface area contributed by atoms with Crippen LogP contribution in [0.25, 0.3) is 0 Å². The second-order valence-corrected chi connectivity index (χ2v) is 6.64. The van der Waals surface area contributed by atoms with E-state index in [9.17, 15) is 18.3 Å². The van der Waals surface area contributed by atoms with Crippen LogP contribution >= 0.6 is 0 Å². The lowest BCUT2D eigenvalue weighted by atomic mass is 10.1. The van der Waals surface area contributed by atoms with Crippen LogP contribution in [-0.2, 0) is 28.3 Å². The van der Waals surface area contributed by atoms with E-state index in [1.807, 2.05) is 6.07 Å². The highest BCUT2D eigenvalue weighted by Crippen LogP contribution is 2.14. The van der Waals surface area contributed by atoms with Crippen LogP contribution in [0.5, 0.6) is 0 Å². The molecule has 0 saturated carbocycles. The summed E-state index contributed by atoms with van der Waals surface area (Å²) < 4.78 is 28.3. The number of nitrogens with zero attached hydrogens (tertiary/aromatic N) is 2. The molecule has 0 bridgehead atoms. The van der Waals surface area contributed by atoms with E-state index in [1.165, 1.54) is 10.9 Å². The Morgan fingerprint density at radius 1 is 1.36 bits per heavy atom. The van der Waals surface area contributed by atoms with Gasteiger partial charge in [-0.05, 0) is 18.9 Å². The molecule has 1 heterocycles. The summed E-state index contributed by atoms with van der Waals surface area (Å²) in [4.78, 5) is 11.3. The Balaban J connectivity index is 2.24. The predicted octanol–water partition coefficient (Wildman–Crippen LogP) is 0.703. The van der Waals surface area contributed by atoms with Gasteiger partial charge >= 0.3 is 5.97 Å². The number of carboxylic acid groups (broad SMARTS) is 1. The largest absolute Gasteiger partial charge is 0.480 e. The van der Waals surface area contributed by atoms with Crippen LogP contribution in [0.4, 0.5) is 0 Å². The molecule has 0 aliphatic carbocycles. The molecule has 7 nitrogen and oxygen atoms in total. The van der Waals surface area contributed by atoms with Crippen LogP contribution in [0.15, 0.2) is 41.4 Å². The van der Waals surface area contributed by atoms with E-state index in [0.29, 0.717) is 5.69 Å². The Bertz CT molecular complexity index is 769. The van der Waals surface area contributed by atoms with Crippen LogP contribution in [0.2, 0.25) is 0 Å². The van der Waals surface area contributed by atoms with Gasteiger partial charge in [0.1, 0.15) is 10.9 Å². The third-order valence-electron chi connectivity index (χ3n) is 3.14. The van der Waals surface area contributed by atoms with E-state index in [4.69, 9.17) is 0 Å². The van der Waals surface area contributed by atoms with E-state index in [1.54, 1.807) is 38.2 Å². The third kappa shape index (κ3) is 3.71. The predicted molar refractivity (Wildman–Crippen MR) is 79.8 cm³/mol.